The second-order valence-electron chi connectivity index (χ2n) is 5.00. The highest BCUT2D eigenvalue weighted by Crippen LogP contribution is 2.16. The summed E-state index contributed by atoms with van der Waals surface area (Å²) in [5, 5.41) is 0. The van der Waals surface area contributed by atoms with Gasteiger partial charge in [0.15, 0.2) is 0 Å². The van der Waals surface area contributed by atoms with E-state index in [0.29, 0.717) is 12.0 Å². The molecule has 0 radical (unpaired) electrons. The van der Waals surface area contributed by atoms with Crippen molar-refractivity contribution in [3.63, 3.8) is 0 Å². The molecule has 2 unspecified atom stereocenters. The van der Waals surface area contributed by atoms with E-state index >= 15 is 0 Å². The molecular formula is C14H22N2O. The van der Waals surface area contributed by atoms with Gasteiger partial charge in [-0.15, -0.1) is 0 Å². The van der Waals surface area contributed by atoms with Crippen LogP contribution >= 0.6 is 0 Å². The first-order chi connectivity index (χ1) is 8.19. The fraction of sp³-hybridized carbons (Fsp3) is 0.571. The third-order valence-corrected chi connectivity index (χ3v) is 3.62. The summed E-state index contributed by atoms with van der Waals surface area (Å²) in [7, 11) is 1.70. The van der Waals surface area contributed by atoms with Crippen LogP contribution in [0.3, 0.4) is 0 Å². The Morgan fingerprint density at radius 2 is 2.00 bits per heavy atom. The maximum absolute atomic E-state index is 6.02. The van der Waals surface area contributed by atoms with Crippen molar-refractivity contribution in [2.75, 3.05) is 26.7 Å². The maximum Gasteiger partial charge on any atom is 0.118 e. The maximum atomic E-state index is 6.02. The van der Waals surface area contributed by atoms with E-state index in [0.717, 1.165) is 31.8 Å². The summed E-state index contributed by atoms with van der Waals surface area (Å²) in [5.74, 6) is 1.55. The molecule has 3 heteroatoms. The van der Waals surface area contributed by atoms with E-state index in [1.54, 1.807) is 7.11 Å². The van der Waals surface area contributed by atoms with Crippen molar-refractivity contribution in [1.29, 1.82) is 0 Å². The molecule has 0 spiro atoms. The molecule has 1 aliphatic heterocycles. The van der Waals surface area contributed by atoms with E-state index in [1.807, 2.05) is 12.1 Å². The molecule has 1 heterocycles. The summed E-state index contributed by atoms with van der Waals surface area (Å²) in [6.45, 7) is 5.51. The molecule has 1 aliphatic rings. The molecule has 0 amide bonds. The van der Waals surface area contributed by atoms with Gasteiger partial charge in [0.05, 0.1) is 7.11 Å². The number of hydrogen-bond acceptors (Lipinski definition) is 3. The predicted molar refractivity (Wildman–Crippen MR) is 70.3 cm³/mol. The second-order valence-corrected chi connectivity index (χ2v) is 5.00. The van der Waals surface area contributed by atoms with E-state index in [9.17, 15) is 0 Å². The van der Waals surface area contributed by atoms with Crippen LogP contribution in [0.25, 0.3) is 0 Å². The quantitative estimate of drug-likeness (QED) is 0.858. The average molecular weight is 234 g/mol. The first-order valence-corrected chi connectivity index (χ1v) is 6.30. The van der Waals surface area contributed by atoms with Crippen molar-refractivity contribution >= 4 is 0 Å². The van der Waals surface area contributed by atoms with Gasteiger partial charge in [-0.2, -0.15) is 0 Å². The zero-order chi connectivity index (χ0) is 12.3. The van der Waals surface area contributed by atoms with Crippen molar-refractivity contribution in [2.45, 2.75) is 19.4 Å². The lowest BCUT2D eigenvalue weighted by Crippen LogP contribution is -2.29. The topological polar surface area (TPSA) is 38.5 Å². The van der Waals surface area contributed by atoms with Gasteiger partial charge in [-0.25, -0.2) is 0 Å². The van der Waals surface area contributed by atoms with E-state index < -0.39 is 0 Å². The molecule has 2 rings (SSSR count). The lowest BCUT2D eigenvalue weighted by Gasteiger charge is -2.15. The second kappa shape index (κ2) is 5.52. The Kier molecular flexibility index (Phi) is 4.02. The Morgan fingerprint density at radius 1 is 1.29 bits per heavy atom. The molecule has 0 aromatic heterocycles. The number of rotatable bonds is 4. The van der Waals surface area contributed by atoms with Crippen molar-refractivity contribution in [1.82, 2.24) is 4.90 Å². The van der Waals surface area contributed by atoms with Gasteiger partial charge in [0.25, 0.3) is 0 Å². The van der Waals surface area contributed by atoms with Crippen LogP contribution in [0, 0.1) is 5.92 Å². The Hall–Kier alpha value is -1.06. The van der Waals surface area contributed by atoms with Crippen LogP contribution in [-0.2, 0) is 6.42 Å². The molecule has 0 aliphatic carbocycles. The Balaban J connectivity index is 1.81. The molecule has 3 nitrogen and oxygen atoms in total. The fourth-order valence-electron chi connectivity index (χ4n) is 2.36. The molecule has 1 aromatic carbocycles. The predicted octanol–water partition coefficient (Wildman–Crippen LogP) is 1.52. The molecule has 1 saturated heterocycles. The average Bonchev–Trinajstić information content (AvgIpc) is 2.67. The first-order valence-electron chi connectivity index (χ1n) is 6.30. The minimum Gasteiger partial charge on any atom is -0.497 e. The highest BCUT2D eigenvalue weighted by Gasteiger charge is 2.25. The highest BCUT2D eigenvalue weighted by atomic mass is 16.5. The molecule has 1 fully saturated rings. The summed E-state index contributed by atoms with van der Waals surface area (Å²) in [6, 6.07) is 8.67. The lowest BCUT2D eigenvalue weighted by atomic mass is 10.1. The van der Waals surface area contributed by atoms with Gasteiger partial charge in [0.1, 0.15) is 5.75 Å². The minimum absolute atomic E-state index is 0.353. The number of likely N-dealkylation sites (tertiary alicyclic amines) is 1. The Labute approximate surface area is 104 Å². The minimum atomic E-state index is 0.353. The molecule has 2 N–H and O–H groups in total. The molecule has 2 atom stereocenters. The van der Waals surface area contributed by atoms with Gasteiger partial charge >= 0.3 is 0 Å². The summed E-state index contributed by atoms with van der Waals surface area (Å²) in [5.41, 5.74) is 7.38. The van der Waals surface area contributed by atoms with E-state index in [2.05, 4.69) is 24.0 Å². The molecule has 0 bridgehead atoms. The van der Waals surface area contributed by atoms with Gasteiger partial charge in [-0.05, 0) is 30.0 Å². The van der Waals surface area contributed by atoms with Gasteiger partial charge < -0.3 is 15.4 Å². The van der Waals surface area contributed by atoms with Gasteiger partial charge in [-0.1, -0.05) is 19.1 Å². The fourth-order valence-corrected chi connectivity index (χ4v) is 2.36. The van der Waals surface area contributed by atoms with Crippen LogP contribution in [0.1, 0.15) is 12.5 Å². The number of benzene rings is 1. The molecule has 1 aromatic rings. The Bertz CT molecular complexity index is 340. The zero-order valence-corrected chi connectivity index (χ0v) is 10.7. The third-order valence-electron chi connectivity index (χ3n) is 3.62. The molecular weight excluding hydrogens is 212 g/mol. The molecule has 94 valence electrons. The van der Waals surface area contributed by atoms with Crippen LogP contribution in [-0.4, -0.2) is 37.7 Å². The normalized spacial score (nSPS) is 25.1. The summed E-state index contributed by atoms with van der Waals surface area (Å²) in [6.07, 6.45) is 1.09. The number of nitrogens with two attached hydrogens (primary N) is 1. The van der Waals surface area contributed by atoms with Crippen molar-refractivity contribution in [2.24, 2.45) is 11.7 Å². The van der Waals surface area contributed by atoms with Gasteiger partial charge in [0, 0.05) is 25.7 Å². The van der Waals surface area contributed by atoms with Crippen LogP contribution in [0.15, 0.2) is 24.3 Å². The lowest BCUT2D eigenvalue weighted by molar-refractivity contribution is 0.331. The highest BCUT2D eigenvalue weighted by molar-refractivity contribution is 5.27. The molecule has 0 saturated carbocycles. The van der Waals surface area contributed by atoms with Crippen molar-refractivity contribution in [3.05, 3.63) is 29.8 Å². The smallest absolute Gasteiger partial charge is 0.118 e. The largest absolute Gasteiger partial charge is 0.497 e. The Morgan fingerprint density at radius 3 is 2.53 bits per heavy atom. The van der Waals surface area contributed by atoms with Crippen molar-refractivity contribution < 1.29 is 4.74 Å². The number of nitrogens with zero attached hydrogens (tertiary/aromatic N) is 1. The number of ether oxygens (including phenoxy) is 1. The van der Waals surface area contributed by atoms with Gasteiger partial charge in [0.2, 0.25) is 0 Å². The number of methoxy groups -OCH3 is 1. The summed E-state index contributed by atoms with van der Waals surface area (Å²) in [4.78, 5) is 2.46. The van der Waals surface area contributed by atoms with Crippen molar-refractivity contribution in [3.8, 4) is 5.75 Å². The number of hydrogen-bond donors (Lipinski definition) is 1. The standard InChI is InChI=1S/C14H22N2O/c1-11-9-16(10-14(11)15)8-7-12-3-5-13(17-2)6-4-12/h3-6,11,14H,7-10,15H2,1-2H3. The van der Waals surface area contributed by atoms with Crippen LogP contribution < -0.4 is 10.5 Å². The summed E-state index contributed by atoms with van der Waals surface area (Å²) >= 11 is 0. The zero-order valence-electron chi connectivity index (χ0n) is 10.7. The third kappa shape index (κ3) is 3.20. The van der Waals surface area contributed by atoms with E-state index in [-0.39, 0.29) is 0 Å². The summed E-state index contributed by atoms with van der Waals surface area (Å²) < 4.78 is 5.15. The van der Waals surface area contributed by atoms with Crippen LogP contribution in [0.2, 0.25) is 0 Å². The van der Waals surface area contributed by atoms with E-state index in [1.165, 1.54) is 5.56 Å². The monoisotopic (exact) mass is 234 g/mol. The first kappa shape index (κ1) is 12.4. The van der Waals surface area contributed by atoms with Gasteiger partial charge in [-0.3, -0.25) is 0 Å². The van der Waals surface area contributed by atoms with E-state index in [4.69, 9.17) is 10.5 Å². The SMILES string of the molecule is COc1ccc(CCN2CC(C)C(N)C2)cc1. The van der Waals surface area contributed by atoms with Crippen LogP contribution in [0.5, 0.6) is 5.75 Å². The molecule has 17 heavy (non-hydrogen) atoms. The van der Waals surface area contributed by atoms with Crippen LogP contribution in [0.4, 0.5) is 0 Å².